The highest BCUT2D eigenvalue weighted by Crippen LogP contribution is 2.29. The second kappa shape index (κ2) is 4.23. The van der Waals surface area contributed by atoms with Gasteiger partial charge in [-0.2, -0.15) is 0 Å². The number of nitrogens with zero attached hydrogens (tertiary/aromatic N) is 2. The zero-order valence-electron chi connectivity index (χ0n) is 9.99. The molecule has 1 N–H and O–H groups in total. The highest BCUT2D eigenvalue weighted by molar-refractivity contribution is 7.15. The van der Waals surface area contributed by atoms with Gasteiger partial charge in [-0.15, -0.1) is 11.3 Å². The van der Waals surface area contributed by atoms with Crippen LogP contribution in [0.2, 0.25) is 0 Å². The smallest absolute Gasteiger partial charge is 0.238 e. The van der Waals surface area contributed by atoms with Gasteiger partial charge in [-0.1, -0.05) is 0 Å². The van der Waals surface area contributed by atoms with Crippen molar-refractivity contribution in [1.29, 1.82) is 0 Å². The third-order valence-corrected chi connectivity index (χ3v) is 3.86. The van der Waals surface area contributed by atoms with Crippen LogP contribution in [-0.2, 0) is 6.54 Å². The molecule has 0 unspecified atom stereocenters. The maximum Gasteiger partial charge on any atom is 0.238 e. The molecule has 0 saturated heterocycles. The summed E-state index contributed by atoms with van der Waals surface area (Å²) in [6, 6.07) is 0.697. The van der Waals surface area contributed by atoms with Crippen molar-refractivity contribution in [3.8, 4) is 10.8 Å². The molecule has 1 aliphatic carbocycles. The molecule has 1 saturated carbocycles. The molecule has 1 fully saturated rings. The van der Waals surface area contributed by atoms with Gasteiger partial charge < -0.3 is 9.73 Å². The van der Waals surface area contributed by atoms with Crippen LogP contribution in [0, 0.1) is 13.8 Å². The topological polar surface area (TPSA) is 51.0 Å². The molecule has 0 radical (unpaired) electrons. The summed E-state index contributed by atoms with van der Waals surface area (Å²) in [5, 5.41) is 4.47. The van der Waals surface area contributed by atoms with Crippen molar-refractivity contribution in [3.05, 3.63) is 22.7 Å². The van der Waals surface area contributed by atoms with Crippen molar-refractivity contribution in [2.24, 2.45) is 0 Å². The third kappa shape index (κ3) is 2.40. The molecule has 0 amide bonds. The van der Waals surface area contributed by atoms with E-state index in [-0.39, 0.29) is 0 Å². The van der Waals surface area contributed by atoms with Gasteiger partial charge in [0.1, 0.15) is 11.1 Å². The maximum absolute atomic E-state index is 5.52. The van der Waals surface area contributed by atoms with Crippen LogP contribution in [0.5, 0.6) is 0 Å². The summed E-state index contributed by atoms with van der Waals surface area (Å²) in [6.07, 6.45) is 4.31. The molecule has 2 aromatic heterocycles. The lowest BCUT2D eigenvalue weighted by Crippen LogP contribution is -2.15. The van der Waals surface area contributed by atoms with E-state index in [1.54, 1.807) is 17.6 Å². The Morgan fingerprint density at radius 2 is 2.24 bits per heavy atom. The molecular formula is C12H15N3OS. The summed E-state index contributed by atoms with van der Waals surface area (Å²) >= 11 is 1.63. The first-order valence-corrected chi connectivity index (χ1v) is 6.66. The highest BCUT2D eigenvalue weighted by atomic mass is 32.1. The first-order chi connectivity index (χ1) is 8.22. The number of nitrogens with one attached hydrogen (secondary N) is 1. The molecule has 3 rings (SSSR count). The maximum atomic E-state index is 5.52. The predicted octanol–water partition coefficient (Wildman–Crippen LogP) is 2.67. The van der Waals surface area contributed by atoms with Gasteiger partial charge in [0.2, 0.25) is 5.89 Å². The second-order valence-electron chi connectivity index (χ2n) is 4.45. The van der Waals surface area contributed by atoms with Crippen molar-refractivity contribution in [2.75, 3.05) is 0 Å². The van der Waals surface area contributed by atoms with Gasteiger partial charge in [-0.05, 0) is 26.7 Å². The summed E-state index contributed by atoms with van der Waals surface area (Å²) in [5.41, 5.74) is 1.97. The van der Waals surface area contributed by atoms with Crippen LogP contribution in [-0.4, -0.2) is 16.0 Å². The summed E-state index contributed by atoms with van der Waals surface area (Å²) in [7, 11) is 0. The van der Waals surface area contributed by atoms with E-state index in [0.717, 1.165) is 27.8 Å². The van der Waals surface area contributed by atoms with Gasteiger partial charge in [0, 0.05) is 12.6 Å². The Morgan fingerprint density at radius 3 is 2.88 bits per heavy atom. The van der Waals surface area contributed by atoms with Crippen LogP contribution in [0.1, 0.15) is 29.2 Å². The van der Waals surface area contributed by atoms with Gasteiger partial charge in [-0.3, -0.25) is 0 Å². The largest absolute Gasteiger partial charge is 0.443 e. The van der Waals surface area contributed by atoms with Gasteiger partial charge >= 0.3 is 0 Å². The minimum Gasteiger partial charge on any atom is -0.443 e. The fourth-order valence-electron chi connectivity index (χ4n) is 1.76. The summed E-state index contributed by atoms with van der Waals surface area (Å²) < 4.78 is 5.52. The number of hydrogen-bond acceptors (Lipinski definition) is 5. The number of aryl methyl sites for hydroxylation is 2. The molecule has 0 bridgehead atoms. The van der Waals surface area contributed by atoms with Crippen LogP contribution in [0.15, 0.2) is 10.7 Å². The number of thiazole rings is 1. The van der Waals surface area contributed by atoms with Crippen LogP contribution in [0.4, 0.5) is 0 Å². The Morgan fingerprint density at radius 1 is 1.41 bits per heavy atom. The molecule has 0 spiro atoms. The molecular weight excluding hydrogens is 234 g/mol. The lowest BCUT2D eigenvalue weighted by Gasteiger charge is -1.96. The van der Waals surface area contributed by atoms with E-state index >= 15 is 0 Å². The quantitative estimate of drug-likeness (QED) is 0.905. The van der Waals surface area contributed by atoms with Crippen LogP contribution in [0.3, 0.4) is 0 Å². The minimum atomic E-state index is 0.695. The van der Waals surface area contributed by atoms with E-state index in [4.69, 9.17) is 4.42 Å². The van der Waals surface area contributed by atoms with E-state index < -0.39 is 0 Å². The molecule has 0 aliphatic heterocycles. The number of aromatic nitrogens is 2. The van der Waals surface area contributed by atoms with E-state index in [9.17, 15) is 0 Å². The van der Waals surface area contributed by atoms with Crippen molar-refractivity contribution >= 4 is 11.3 Å². The van der Waals surface area contributed by atoms with Gasteiger partial charge in [0.05, 0.1) is 16.4 Å². The third-order valence-electron chi connectivity index (χ3n) is 2.80. The standard InChI is InChI=1S/C12H15N3OS/c1-7-11(17-8(2)14-7)12-15-10(6-16-12)5-13-9-3-4-9/h6,9,13H,3-5H2,1-2H3. The highest BCUT2D eigenvalue weighted by Gasteiger charge is 2.21. The van der Waals surface area contributed by atoms with Crippen molar-refractivity contribution in [1.82, 2.24) is 15.3 Å². The Bertz CT molecular complexity index is 528. The Balaban J connectivity index is 1.76. The van der Waals surface area contributed by atoms with Crippen molar-refractivity contribution in [3.63, 3.8) is 0 Å². The Kier molecular flexibility index (Phi) is 2.72. The average molecular weight is 249 g/mol. The first-order valence-electron chi connectivity index (χ1n) is 5.84. The monoisotopic (exact) mass is 249 g/mol. The molecule has 90 valence electrons. The molecule has 0 aromatic carbocycles. The second-order valence-corrected chi connectivity index (χ2v) is 5.65. The van der Waals surface area contributed by atoms with E-state index in [1.807, 2.05) is 13.8 Å². The Labute approximate surface area is 104 Å². The Hall–Kier alpha value is -1.20. The lowest BCUT2D eigenvalue weighted by atomic mass is 10.4. The number of rotatable bonds is 4. The summed E-state index contributed by atoms with van der Waals surface area (Å²) in [6.45, 7) is 4.79. The minimum absolute atomic E-state index is 0.695. The van der Waals surface area contributed by atoms with Gasteiger partial charge in [-0.25, -0.2) is 9.97 Å². The van der Waals surface area contributed by atoms with Crippen LogP contribution in [0.25, 0.3) is 10.8 Å². The molecule has 1 aliphatic rings. The SMILES string of the molecule is Cc1nc(C)c(-c2nc(CNC3CC3)co2)s1. The average Bonchev–Trinajstić information content (AvgIpc) is 2.90. The molecule has 0 atom stereocenters. The molecule has 5 heteroatoms. The molecule has 2 heterocycles. The van der Waals surface area contributed by atoms with Crippen LogP contribution < -0.4 is 5.32 Å². The normalized spacial score (nSPS) is 15.4. The molecule has 4 nitrogen and oxygen atoms in total. The van der Waals surface area contributed by atoms with Crippen molar-refractivity contribution < 1.29 is 4.42 Å². The molecule has 2 aromatic rings. The van der Waals surface area contributed by atoms with E-state index in [2.05, 4.69) is 15.3 Å². The van der Waals surface area contributed by atoms with Crippen LogP contribution >= 0.6 is 11.3 Å². The molecule has 17 heavy (non-hydrogen) atoms. The van der Waals surface area contributed by atoms with Crippen molar-refractivity contribution in [2.45, 2.75) is 39.3 Å². The summed E-state index contributed by atoms with van der Waals surface area (Å²) in [4.78, 5) is 9.92. The predicted molar refractivity (Wildman–Crippen MR) is 66.9 cm³/mol. The lowest BCUT2D eigenvalue weighted by molar-refractivity contribution is 0.570. The zero-order chi connectivity index (χ0) is 11.8. The number of hydrogen-bond donors (Lipinski definition) is 1. The summed E-state index contributed by atoms with van der Waals surface area (Å²) in [5.74, 6) is 0.695. The fourth-order valence-corrected chi connectivity index (χ4v) is 2.61. The van der Waals surface area contributed by atoms with E-state index in [1.165, 1.54) is 12.8 Å². The van der Waals surface area contributed by atoms with Gasteiger partial charge in [0.25, 0.3) is 0 Å². The first kappa shape index (κ1) is 10.9. The number of oxazole rings is 1. The fraction of sp³-hybridized carbons (Fsp3) is 0.500. The zero-order valence-corrected chi connectivity index (χ0v) is 10.8. The van der Waals surface area contributed by atoms with Gasteiger partial charge in [0.15, 0.2) is 0 Å². The van der Waals surface area contributed by atoms with E-state index in [0.29, 0.717) is 11.9 Å².